The van der Waals surface area contributed by atoms with Crippen molar-refractivity contribution >= 4 is 33.7 Å². The molecule has 6 heteroatoms. The van der Waals surface area contributed by atoms with Gasteiger partial charge in [0, 0.05) is 48.1 Å². The summed E-state index contributed by atoms with van der Waals surface area (Å²) in [6.07, 6.45) is 4.80. The molecule has 1 unspecified atom stereocenters. The first kappa shape index (κ1) is 19.1. The average molecular weight is 426 g/mol. The maximum absolute atomic E-state index is 5.62. The molecular weight excluding hydrogens is 398 g/mol. The molecule has 25 heavy (non-hydrogen) atoms. The van der Waals surface area contributed by atoms with Crippen LogP contribution in [0.2, 0.25) is 0 Å². The highest BCUT2D eigenvalue weighted by atomic mass is 79.9. The number of likely N-dealkylation sites (tertiary alicyclic amines) is 1. The zero-order valence-corrected chi connectivity index (χ0v) is 17.4. The number of nitrogens with one attached hydrogen (secondary N) is 1. The molecule has 0 aromatic heterocycles. The fourth-order valence-corrected chi connectivity index (χ4v) is 5.17. The lowest BCUT2D eigenvalue weighted by Crippen LogP contribution is -2.41. The Balaban J connectivity index is 1.33. The summed E-state index contributed by atoms with van der Waals surface area (Å²) in [5.41, 5.74) is 0.386. The predicted molar refractivity (Wildman–Crippen MR) is 110 cm³/mol. The second-order valence-corrected chi connectivity index (χ2v) is 8.93. The minimum atomic E-state index is 0.386. The van der Waals surface area contributed by atoms with Crippen molar-refractivity contribution in [3.05, 3.63) is 28.7 Å². The molecular formula is C19H28BrN3OS. The highest BCUT2D eigenvalue weighted by Gasteiger charge is 2.42. The molecule has 0 saturated carbocycles. The molecule has 2 aliphatic rings. The molecule has 1 spiro atoms. The van der Waals surface area contributed by atoms with Gasteiger partial charge in [-0.1, -0.05) is 12.1 Å². The molecule has 2 saturated heterocycles. The molecule has 0 aliphatic carbocycles. The minimum Gasteiger partial charge on any atom is -0.381 e. The number of ether oxygens (including phenoxy) is 1. The average Bonchev–Trinajstić information content (AvgIpc) is 3.26. The molecule has 3 rings (SSSR count). The van der Waals surface area contributed by atoms with Crippen molar-refractivity contribution < 1.29 is 4.74 Å². The van der Waals surface area contributed by atoms with Crippen LogP contribution in [0.4, 0.5) is 0 Å². The van der Waals surface area contributed by atoms with Crippen molar-refractivity contribution in [1.82, 2.24) is 10.2 Å². The Hall–Kier alpha value is -0.720. The molecule has 0 bridgehead atoms. The first-order valence-electron chi connectivity index (χ1n) is 9.13. The van der Waals surface area contributed by atoms with Crippen LogP contribution in [0.25, 0.3) is 0 Å². The van der Waals surface area contributed by atoms with Crippen molar-refractivity contribution in [2.24, 2.45) is 10.4 Å². The highest BCUT2D eigenvalue weighted by Crippen LogP contribution is 2.38. The maximum Gasteiger partial charge on any atom is 0.193 e. The van der Waals surface area contributed by atoms with Crippen LogP contribution < -0.4 is 5.32 Å². The summed E-state index contributed by atoms with van der Waals surface area (Å²) in [5.74, 6) is 2.20. The zero-order chi connectivity index (χ0) is 17.5. The first-order valence-corrected chi connectivity index (χ1v) is 10.9. The quantitative estimate of drug-likeness (QED) is 0.323. The van der Waals surface area contributed by atoms with Crippen LogP contribution in [0, 0.1) is 5.41 Å². The van der Waals surface area contributed by atoms with Crippen LogP contribution in [0.3, 0.4) is 0 Å². The van der Waals surface area contributed by atoms with Gasteiger partial charge in [-0.2, -0.15) is 0 Å². The third kappa shape index (κ3) is 5.14. The monoisotopic (exact) mass is 425 g/mol. The predicted octanol–water partition coefficient (Wildman–Crippen LogP) is 4.01. The molecule has 2 fully saturated rings. The van der Waals surface area contributed by atoms with E-state index in [0.29, 0.717) is 5.41 Å². The van der Waals surface area contributed by atoms with E-state index < -0.39 is 0 Å². The summed E-state index contributed by atoms with van der Waals surface area (Å²) < 4.78 is 6.81. The molecule has 4 nitrogen and oxygen atoms in total. The SMILES string of the molecule is CN=C(NCCCCSc1ccccc1Br)N1CCC2(CCOC2)C1. The van der Waals surface area contributed by atoms with Crippen LogP contribution in [0.1, 0.15) is 25.7 Å². The number of benzene rings is 1. The van der Waals surface area contributed by atoms with E-state index in [1.807, 2.05) is 18.8 Å². The fourth-order valence-electron chi connectivity index (χ4n) is 3.59. The number of hydrogen-bond donors (Lipinski definition) is 1. The second kappa shape index (κ2) is 9.28. The van der Waals surface area contributed by atoms with Crippen molar-refractivity contribution in [2.45, 2.75) is 30.6 Å². The molecule has 0 radical (unpaired) electrons. The number of guanidine groups is 1. The van der Waals surface area contributed by atoms with Crippen LogP contribution in [0.15, 0.2) is 38.6 Å². The third-order valence-electron chi connectivity index (χ3n) is 5.08. The Kier molecular flexibility index (Phi) is 7.08. The Labute approximate surface area is 163 Å². The van der Waals surface area contributed by atoms with Gasteiger partial charge in [0.25, 0.3) is 0 Å². The molecule has 138 valence electrons. The number of nitrogens with zero attached hydrogens (tertiary/aromatic N) is 2. The maximum atomic E-state index is 5.62. The lowest BCUT2D eigenvalue weighted by atomic mass is 9.87. The summed E-state index contributed by atoms with van der Waals surface area (Å²) in [6.45, 7) is 5.02. The minimum absolute atomic E-state index is 0.386. The van der Waals surface area contributed by atoms with Gasteiger partial charge in [-0.3, -0.25) is 4.99 Å². The van der Waals surface area contributed by atoms with Gasteiger partial charge in [0.2, 0.25) is 0 Å². The van der Waals surface area contributed by atoms with E-state index in [2.05, 4.69) is 55.4 Å². The van der Waals surface area contributed by atoms with Crippen molar-refractivity contribution in [3.8, 4) is 0 Å². The van der Waals surface area contributed by atoms with Gasteiger partial charge < -0.3 is 15.0 Å². The van der Waals surface area contributed by atoms with Crippen molar-refractivity contribution in [1.29, 1.82) is 0 Å². The Bertz CT molecular complexity index is 590. The van der Waals surface area contributed by atoms with Crippen LogP contribution in [0.5, 0.6) is 0 Å². The van der Waals surface area contributed by atoms with E-state index in [0.717, 1.165) is 44.6 Å². The van der Waals surface area contributed by atoms with Gasteiger partial charge in [0.1, 0.15) is 0 Å². The topological polar surface area (TPSA) is 36.9 Å². The number of thioether (sulfide) groups is 1. The standard InChI is InChI=1S/C19H28BrN3OS/c1-21-18(23-11-8-19(14-23)9-12-24-15-19)22-10-4-5-13-25-17-7-3-2-6-16(17)20/h2-3,6-7H,4-5,8-15H2,1H3,(H,21,22). The van der Waals surface area contributed by atoms with E-state index >= 15 is 0 Å². The van der Waals surface area contributed by atoms with E-state index in [9.17, 15) is 0 Å². The summed E-state index contributed by atoms with van der Waals surface area (Å²) in [4.78, 5) is 8.21. The lowest BCUT2D eigenvalue weighted by molar-refractivity contribution is 0.156. The summed E-state index contributed by atoms with van der Waals surface area (Å²) in [5, 5.41) is 3.54. The fraction of sp³-hybridized carbons (Fsp3) is 0.632. The van der Waals surface area contributed by atoms with Crippen molar-refractivity contribution in [2.75, 3.05) is 45.6 Å². The molecule has 2 aliphatic heterocycles. The third-order valence-corrected chi connectivity index (χ3v) is 7.20. The Morgan fingerprint density at radius 2 is 2.24 bits per heavy atom. The van der Waals surface area contributed by atoms with Gasteiger partial charge in [0.05, 0.1) is 6.61 Å². The molecule has 1 N–H and O–H groups in total. The smallest absolute Gasteiger partial charge is 0.193 e. The number of aliphatic imine (C=N–C) groups is 1. The molecule has 2 heterocycles. The van der Waals surface area contributed by atoms with Crippen LogP contribution in [-0.2, 0) is 4.74 Å². The van der Waals surface area contributed by atoms with Gasteiger partial charge in [-0.15, -0.1) is 11.8 Å². The second-order valence-electron chi connectivity index (χ2n) is 6.93. The van der Waals surface area contributed by atoms with Gasteiger partial charge in [-0.25, -0.2) is 0 Å². The largest absolute Gasteiger partial charge is 0.381 e. The zero-order valence-electron chi connectivity index (χ0n) is 15.0. The highest BCUT2D eigenvalue weighted by molar-refractivity contribution is 9.10. The van der Waals surface area contributed by atoms with Gasteiger partial charge >= 0.3 is 0 Å². The van der Waals surface area contributed by atoms with E-state index in [1.54, 1.807) is 0 Å². The molecule has 1 aromatic rings. The number of rotatable bonds is 6. The summed E-state index contributed by atoms with van der Waals surface area (Å²) in [7, 11) is 1.89. The number of halogens is 1. The van der Waals surface area contributed by atoms with Gasteiger partial charge in [0.15, 0.2) is 5.96 Å². The molecule has 0 amide bonds. The van der Waals surface area contributed by atoms with E-state index in [1.165, 1.54) is 35.1 Å². The Morgan fingerprint density at radius 1 is 1.36 bits per heavy atom. The van der Waals surface area contributed by atoms with Gasteiger partial charge in [-0.05, 0) is 59.5 Å². The normalized spacial score (nSPS) is 23.6. The number of hydrogen-bond acceptors (Lipinski definition) is 3. The van der Waals surface area contributed by atoms with Crippen molar-refractivity contribution in [3.63, 3.8) is 0 Å². The first-order chi connectivity index (χ1) is 12.2. The number of unbranched alkanes of at least 4 members (excludes halogenated alkanes) is 1. The van der Waals surface area contributed by atoms with Crippen LogP contribution in [-0.4, -0.2) is 56.5 Å². The summed E-state index contributed by atoms with van der Waals surface area (Å²) in [6, 6.07) is 8.43. The molecule has 1 atom stereocenters. The Morgan fingerprint density at radius 3 is 3.00 bits per heavy atom. The van der Waals surface area contributed by atoms with E-state index in [-0.39, 0.29) is 0 Å². The van der Waals surface area contributed by atoms with E-state index in [4.69, 9.17) is 4.74 Å². The molecule has 1 aromatic carbocycles. The summed E-state index contributed by atoms with van der Waals surface area (Å²) >= 11 is 5.53. The van der Waals surface area contributed by atoms with Crippen LogP contribution >= 0.6 is 27.7 Å². The lowest BCUT2D eigenvalue weighted by Gasteiger charge is -2.24.